The average molecular weight is 317 g/mol. The van der Waals surface area contributed by atoms with Crippen molar-refractivity contribution < 1.29 is 19.9 Å². The number of aromatic hydroxyl groups is 2. The molecule has 0 saturated heterocycles. The molecular weight excluding hydrogens is 298 g/mol. The van der Waals surface area contributed by atoms with Crippen LogP contribution < -0.4 is 0 Å². The quantitative estimate of drug-likeness (QED) is 0.260. The topological polar surface area (TPSA) is 101 Å². The van der Waals surface area contributed by atoms with E-state index in [0.29, 0.717) is 17.4 Å². The molecule has 0 spiro atoms. The van der Waals surface area contributed by atoms with Crippen LogP contribution in [0.25, 0.3) is 10.8 Å². The van der Waals surface area contributed by atoms with Crippen LogP contribution in [0.1, 0.15) is 49.4 Å². The molecular formula is C17H19NO5. The summed E-state index contributed by atoms with van der Waals surface area (Å²) < 4.78 is 0. The Hall–Kier alpha value is -2.63. The maximum Gasteiger partial charge on any atom is 0.322 e. The standard InChI is InChI=1S/C17H19NO5/c1-2-3-4-5-6-14(19)11-7-8-13-12(9-11)10-15(20)17(21)16(13)18(22)23/h7-10,20-21H,2-6H2,1H3. The molecule has 2 rings (SSSR count). The van der Waals surface area contributed by atoms with E-state index in [1.807, 2.05) is 0 Å². The predicted molar refractivity (Wildman–Crippen MR) is 87.0 cm³/mol. The van der Waals surface area contributed by atoms with Crippen LogP contribution in [0.4, 0.5) is 5.69 Å². The van der Waals surface area contributed by atoms with E-state index in [4.69, 9.17) is 0 Å². The number of fused-ring (bicyclic) bond motifs is 1. The molecule has 6 nitrogen and oxygen atoms in total. The molecule has 0 aliphatic heterocycles. The maximum atomic E-state index is 12.2. The number of Topliss-reactive ketones (excluding diaryl/α,β-unsaturated/α-hetero) is 1. The summed E-state index contributed by atoms with van der Waals surface area (Å²) in [5, 5.41) is 30.9. The smallest absolute Gasteiger partial charge is 0.322 e. The van der Waals surface area contributed by atoms with Gasteiger partial charge in [-0.2, -0.15) is 0 Å². The highest BCUT2D eigenvalue weighted by Gasteiger charge is 2.22. The Morgan fingerprint density at radius 2 is 1.91 bits per heavy atom. The van der Waals surface area contributed by atoms with Crippen LogP contribution in [0.3, 0.4) is 0 Å². The molecule has 0 saturated carbocycles. The van der Waals surface area contributed by atoms with E-state index in [0.717, 1.165) is 25.7 Å². The van der Waals surface area contributed by atoms with Gasteiger partial charge in [-0.25, -0.2) is 0 Å². The Morgan fingerprint density at radius 3 is 2.57 bits per heavy atom. The third-order valence-electron chi connectivity index (χ3n) is 3.83. The summed E-state index contributed by atoms with van der Waals surface area (Å²) in [6.45, 7) is 2.10. The number of nitrogens with zero attached hydrogens (tertiary/aromatic N) is 1. The van der Waals surface area contributed by atoms with E-state index in [-0.39, 0.29) is 11.2 Å². The van der Waals surface area contributed by atoms with Crippen molar-refractivity contribution in [3.05, 3.63) is 39.9 Å². The molecule has 2 N–H and O–H groups in total. The summed E-state index contributed by atoms with van der Waals surface area (Å²) in [7, 11) is 0. The van der Waals surface area contributed by atoms with Gasteiger partial charge in [-0.05, 0) is 30.0 Å². The first-order valence-corrected chi connectivity index (χ1v) is 7.62. The van der Waals surface area contributed by atoms with Gasteiger partial charge in [-0.3, -0.25) is 14.9 Å². The SMILES string of the molecule is CCCCCCC(=O)c1ccc2c([N+](=O)[O-])c(O)c(O)cc2c1. The van der Waals surface area contributed by atoms with E-state index in [1.165, 1.54) is 24.3 Å². The van der Waals surface area contributed by atoms with Gasteiger partial charge in [0.05, 0.1) is 10.3 Å². The van der Waals surface area contributed by atoms with Crippen molar-refractivity contribution in [3.63, 3.8) is 0 Å². The van der Waals surface area contributed by atoms with Crippen LogP contribution in [0.15, 0.2) is 24.3 Å². The molecule has 0 atom stereocenters. The van der Waals surface area contributed by atoms with Crippen molar-refractivity contribution in [3.8, 4) is 11.5 Å². The Morgan fingerprint density at radius 1 is 1.17 bits per heavy atom. The molecule has 0 aliphatic carbocycles. The molecule has 0 bridgehead atoms. The van der Waals surface area contributed by atoms with Gasteiger partial charge in [0.15, 0.2) is 11.5 Å². The van der Waals surface area contributed by atoms with Crippen molar-refractivity contribution >= 4 is 22.2 Å². The van der Waals surface area contributed by atoms with E-state index < -0.39 is 22.1 Å². The van der Waals surface area contributed by atoms with Gasteiger partial charge in [-0.15, -0.1) is 0 Å². The second-order valence-electron chi connectivity index (χ2n) is 5.52. The van der Waals surface area contributed by atoms with Gasteiger partial charge in [0.25, 0.3) is 0 Å². The number of hydrogen-bond acceptors (Lipinski definition) is 5. The summed E-state index contributed by atoms with van der Waals surface area (Å²) in [6, 6.07) is 5.70. The van der Waals surface area contributed by atoms with Crippen molar-refractivity contribution in [2.75, 3.05) is 0 Å². The van der Waals surface area contributed by atoms with Gasteiger partial charge < -0.3 is 10.2 Å². The van der Waals surface area contributed by atoms with Crippen molar-refractivity contribution in [1.82, 2.24) is 0 Å². The minimum Gasteiger partial charge on any atom is -0.504 e. The molecule has 2 aromatic carbocycles. The van der Waals surface area contributed by atoms with Gasteiger partial charge in [0, 0.05) is 12.0 Å². The Labute approximate surface area is 133 Å². The monoisotopic (exact) mass is 317 g/mol. The highest BCUT2D eigenvalue weighted by Crippen LogP contribution is 2.41. The second kappa shape index (κ2) is 7.09. The molecule has 6 heteroatoms. The third kappa shape index (κ3) is 3.59. The molecule has 0 fully saturated rings. The number of nitro groups is 1. The van der Waals surface area contributed by atoms with Gasteiger partial charge in [-0.1, -0.05) is 32.3 Å². The number of nitro benzene ring substituents is 1. The summed E-state index contributed by atoms with van der Waals surface area (Å²) in [4.78, 5) is 22.5. The highest BCUT2D eigenvalue weighted by atomic mass is 16.6. The first kappa shape index (κ1) is 16.7. The Bertz CT molecular complexity index is 754. The van der Waals surface area contributed by atoms with Gasteiger partial charge in [0.2, 0.25) is 5.75 Å². The van der Waals surface area contributed by atoms with Gasteiger partial charge >= 0.3 is 5.69 Å². The van der Waals surface area contributed by atoms with E-state index in [2.05, 4.69) is 6.92 Å². The number of rotatable bonds is 7. The molecule has 0 radical (unpaired) electrons. The van der Waals surface area contributed by atoms with Crippen molar-refractivity contribution in [2.24, 2.45) is 0 Å². The molecule has 122 valence electrons. The van der Waals surface area contributed by atoms with Crippen LogP contribution in [0.2, 0.25) is 0 Å². The van der Waals surface area contributed by atoms with Crippen LogP contribution in [0, 0.1) is 10.1 Å². The number of benzene rings is 2. The number of ketones is 1. The summed E-state index contributed by atoms with van der Waals surface area (Å²) in [6.07, 6.45) is 4.42. The first-order chi connectivity index (χ1) is 11.0. The molecule has 0 heterocycles. The number of carbonyl (C=O) groups is 1. The maximum absolute atomic E-state index is 12.2. The van der Waals surface area contributed by atoms with Crippen LogP contribution in [0.5, 0.6) is 11.5 Å². The lowest BCUT2D eigenvalue weighted by atomic mass is 9.99. The zero-order valence-electron chi connectivity index (χ0n) is 12.9. The van der Waals surface area contributed by atoms with Crippen LogP contribution in [-0.4, -0.2) is 20.9 Å². The number of carbonyl (C=O) groups excluding carboxylic acids is 1. The second-order valence-corrected chi connectivity index (χ2v) is 5.52. The lowest BCUT2D eigenvalue weighted by Gasteiger charge is -2.06. The molecule has 23 heavy (non-hydrogen) atoms. The van der Waals surface area contributed by atoms with Crippen LogP contribution >= 0.6 is 0 Å². The minimum absolute atomic E-state index is 0.0294. The fourth-order valence-electron chi connectivity index (χ4n) is 2.58. The van der Waals surface area contributed by atoms with Gasteiger partial charge in [0.1, 0.15) is 0 Å². The Balaban J connectivity index is 2.34. The lowest BCUT2D eigenvalue weighted by Crippen LogP contribution is -1.99. The number of phenolic OH excluding ortho intramolecular Hbond substituents is 2. The predicted octanol–water partition coefficient (Wildman–Crippen LogP) is 4.31. The number of hydrogen-bond donors (Lipinski definition) is 2. The third-order valence-corrected chi connectivity index (χ3v) is 3.83. The zero-order valence-corrected chi connectivity index (χ0v) is 12.9. The molecule has 0 unspecified atom stereocenters. The molecule has 2 aromatic rings. The van der Waals surface area contributed by atoms with Crippen LogP contribution in [-0.2, 0) is 0 Å². The highest BCUT2D eigenvalue weighted by molar-refractivity contribution is 6.03. The summed E-state index contributed by atoms with van der Waals surface area (Å²) in [5.74, 6) is -1.36. The summed E-state index contributed by atoms with van der Waals surface area (Å²) in [5.41, 5.74) is -0.102. The van der Waals surface area contributed by atoms with Crippen molar-refractivity contribution in [2.45, 2.75) is 39.0 Å². The first-order valence-electron chi connectivity index (χ1n) is 7.62. The minimum atomic E-state index is -0.763. The zero-order chi connectivity index (χ0) is 17.0. The summed E-state index contributed by atoms with van der Waals surface area (Å²) >= 11 is 0. The number of unbranched alkanes of at least 4 members (excludes halogenated alkanes) is 3. The molecule has 0 aromatic heterocycles. The van der Waals surface area contributed by atoms with E-state index in [9.17, 15) is 25.1 Å². The van der Waals surface area contributed by atoms with E-state index in [1.54, 1.807) is 0 Å². The fraction of sp³-hybridized carbons (Fsp3) is 0.353. The number of phenols is 2. The molecule has 0 aliphatic rings. The largest absolute Gasteiger partial charge is 0.504 e. The molecule has 0 amide bonds. The Kier molecular flexibility index (Phi) is 5.16. The fourth-order valence-corrected chi connectivity index (χ4v) is 2.58. The van der Waals surface area contributed by atoms with Crippen molar-refractivity contribution in [1.29, 1.82) is 0 Å². The average Bonchev–Trinajstić information content (AvgIpc) is 2.51. The lowest BCUT2D eigenvalue weighted by molar-refractivity contribution is -0.384. The normalized spacial score (nSPS) is 10.8. The van der Waals surface area contributed by atoms with E-state index >= 15 is 0 Å².